The van der Waals surface area contributed by atoms with Crippen molar-refractivity contribution in [2.24, 2.45) is 0 Å². The summed E-state index contributed by atoms with van der Waals surface area (Å²) < 4.78 is 38.9. The molecule has 1 heterocycles. The van der Waals surface area contributed by atoms with E-state index >= 15 is 0 Å². The average molecular weight is 372 g/mol. The summed E-state index contributed by atoms with van der Waals surface area (Å²) in [6.07, 6.45) is 0.667. The van der Waals surface area contributed by atoms with Gasteiger partial charge in [-0.05, 0) is 48.4 Å². The highest BCUT2D eigenvalue weighted by Gasteiger charge is 2.10. The largest absolute Gasteiger partial charge is 0.368 e. The van der Waals surface area contributed by atoms with Gasteiger partial charge >= 0.3 is 0 Å². The fraction of sp³-hybridized carbons (Fsp3) is 0.105. The predicted molar refractivity (Wildman–Crippen MR) is 94.9 cm³/mol. The van der Waals surface area contributed by atoms with Gasteiger partial charge in [-0.2, -0.15) is 0 Å². The van der Waals surface area contributed by atoms with Crippen LogP contribution in [0.5, 0.6) is 0 Å². The monoisotopic (exact) mass is 372 g/mol. The molecule has 1 amide bonds. The third-order valence-electron chi connectivity index (χ3n) is 3.71. The Morgan fingerprint density at radius 3 is 2.33 bits per heavy atom. The predicted octanol–water partition coefficient (Wildman–Crippen LogP) is 3.80. The van der Waals surface area contributed by atoms with Crippen LogP contribution in [0, 0.1) is 17.5 Å². The van der Waals surface area contributed by atoms with Gasteiger partial charge in [0.15, 0.2) is 17.3 Å². The number of amides is 1. The minimum atomic E-state index is -1.06. The quantitative estimate of drug-likeness (QED) is 0.691. The van der Waals surface area contributed by atoms with Crippen molar-refractivity contribution < 1.29 is 18.0 Å². The minimum Gasteiger partial charge on any atom is -0.368 e. The number of carbonyl (C=O) groups is 1. The van der Waals surface area contributed by atoms with Crippen molar-refractivity contribution in [3.05, 3.63) is 83.3 Å². The molecule has 0 radical (unpaired) electrons. The molecule has 0 saturated carbocycles. The van der Waals surface area contributed by atoms with Gasteiger partial charge in [0, 0.05) is 18.3 Å². The first kappa shape index (κ1) is 18.4. The Labute approximate surface area is 153 Å². The molecule has 2 aromatic carbocycles. The molecule has 0 spiro atoms. The SMILES string of the molecule is O=C(Nc1ccc(F)c(F)c1)c1ccc(NCCc2ccc(F)cc2)nn1. The van der Waals surface area contributed by atoms with Crippen LogP contribution in [0.25, 0.3) is 0 Å². The number of hydrogen-bond donors (Lipinski definition) is 2. The van der Waals surface area contributed by atoms with Gasteiger partial charge in [-0.15, -0.1) is 10.2 Å². The van der Waals surface area contributed by atoms with Gasteiger partial charge in [0.2, 0.25) is 0 Å². The summed E-state index contributed by atoms with van der Waals surface area (Å²) in [7, 11) is 0. The van der Waals surface area contributed by atoms with Crippen LogP contribution in [0.1, 0.15) is 16.1 Å². The fourth-order valence-corrected chi connectivity index (χ4v) is 2.30. The van der Waals surface area contributed by atoms with E-state index in [0.29, 0.717) is 18.8 Å². The first-order chi connectivity index (χ1) is 13.0. The molecular weight excluding hydrogens is 357 g/mol. The molecule has 0 aliphatic carbocycles. The molecule has 5 nitrogen and oxygen atoms in total. The van der Waals surface area contributed by atoms with Crippen molar-refractivity contribution in [1.82, 2.24) is 10.2 Å². The Hall–Kier alpha value is -3.42. The summed E-state index contributed by atoms with van der Waals surface area (Å²) >= 11 is 0. The molecule has 0 bridgehead atoms. The van der Waals surface area contributed by atoms with Crippen LogP contribution in [-0.2, 0) is 6.42 Å². The third kappa shape index (κ3) is 5.04. The molecule has 0 atom stereocenters. The smallest absolute Gasteiger partial charge is 0.276 e. The van der Waals surface area contributed by atoms with Crippen LogP contribution in [0.4, 0.5) is 24.7 Å². The number of nitrogens with one attached hydrogen (secondary N) is 2. The van der Waals surface area contributed by atoms with E-state index in [2.05, 4.69) is 20.8 Å². The number of hydrogen-bond acceptors (Lipinski definition) is 4. The first-order valence-corrected chi connectivity index (χ1v) is 8.10. The molecule has 0 fully saturated rings. The highest BCUT2D eigenvalue weighted by atomic mass is 19.2. The van der Waals surface area contributed by atoms with E-state index in [4.69, 9.17) is 0 Å². The number of nitrogens with zero attached hydrogens (tertiary/aromatic N) is 2. The van der Waals surface area contributed by atoms with E-state index in [1.807, 2.05) is 0 Å². The molecule has 0 aliphatic rings. The second kappa shape index (κ2) is 8.31. The lowest BCUT2D eigenvalue weighted by atomic mass is 10.1. The molecular formula is C19H15F3N4O. The van der Waals surface area contributed by atoms with Gasteiger partial charge in [-0.1, -0.05) is 12.1 Å². The van der Waals surface area contributed by atoms with E-state index in [1.54, 1.807) is 18.2 Å². The molecule has 0 aliphatic heterocycles. The van der Waals surface area contributed by atoms with E-state index < -0.39 is 17.5 Å². The van der Waals surface area contributed by atoms with Crippen LogP contribution in [0.2, 0.25) is 0 Å². The summed E-state index contributed by atoms with van der Waals surface area (Å²) in [6.45, 7) is 0.556. The molecule has 27 heavy (non-hydrogen) atoms. The highest BCUT2D eigenvalue weighted by molar-refractivity contribution is 6.02. The molecule has 0 saturated heterocycles. The van der Waals surface area contributed by atoms with Gasteiger partial charge < -0.3 is 10.6 Å². The summed E-state index contributed by atoms with van der Waals surface area (Å²) in [5, 5.41) is 13.2. The zero-order chi connectivity index (χ0) is 19.2. The molecule has 2 N–H and O–H groups in total. The molecule has 0 unspecified atom stereocenters. The Bertz CT molecular complexity index is 931. The van der Waals surface area contributed by atoms with Crippen LogP contribution in [0.3, 0.4) is 0 Å². The second-order valence-corrected chi connectivity index (χ2v) is 5.69. The molecule has 3 aromatic rings. The number of benzene rings is 2. The number of rotatable bonds is 6. The van der Waals surface area contributed by atoms with E-state index in [9.17, 15) is 18.0 Å². The summed E-state index contributed by atoms with van der Waals surface area (Å²) in [4.78, 5) is 12.1. The maximum Gasteiger partial charge on any atom is 0.276 e. The highest BCUT2D eigenvalue weighted by Crippen LogP contribution is 2.14. The van der Waals surface area contributed by atoms with E-state index in [-0.39, 0.29) is 17.2 Å². The normalized spacial score (nSPS) is 10.5. The van der Waals surface area contributed by atoms with Crippen molar-refractivity contribution in [1.29, 1.82) is 0 Å². The maximum absolute atomic E-state index is 13.2. The molecule has 1 aromatic heterocycles. The van der Waals surface area contributed by atoms with E-state index in [1.165, 1.54) is 24.3 Å². The summed E-state index contributed by atoms with van der Waals surface area (Å²) in [5.74, 6) is -2.45. The van der Waals surface area contributed by atoms with Crippen molar-refractivity contribution in [2.45, 2.75) is 6.42 Å². The van der Waals surface area contributed by atoms with Gasteiger partial charge in [0.05, 0.1) is 0 Å². The molecule has 138 valence electrons. The Balaban J connectivity index is 1.53. The number of carbonyl (C=O) groups excluding carboxylic acids is 1. The molecule has 8 heteroatoms. The van der Waals surface area contributed by atoms with Crippen molar-refractivity contribution >= 4 is 17.4 Å². The lowest BCUT2D eigenvalue weighted by Crippen LogP contribution is -2.15. The van der Waals surface area contributed by atoms with Gasteiger partial charge in [0.1, 0.15) is 11.6 Å². The zero-order valence-electron chi connectivity index (χ0n) is 14.0. The van der Waals surface area contributed by atoms with Crippen LogP contribution >= 0.6 is 0 Å². The van der Waals surface area contributed by atoms with Gasteiger partial charge in [0.25, 0.3) is 5.91 Å². The van der Waals surface area contributed by atoms with Crippen molar-refractivity contribution in [2.75, 3.05) is 17.2 Å². The Kier molecular flexibility index (Phi) is 5.65. The molecule has 3 rings (SSSR count). The van der Waals surface area contributed by atoms with Crippen molar-refractivity contribution in [3.8, 4) is 0 Å². The zero-order valence-corrected chi connectivity index (χ0v) is 14.0. The minimum absolute atomic E-state index is 0.0313. The summed E-state index contributed by atoms with van der Waals surface area (Å²) in [6, 6.07) is 12.3. The van der Waals surface area contributed by atoms with Crippen LogP contribution < -0.4 is 10.6 Å². The average Bonchev–Trinajstić information content (AvgIpc) is 2.67. The number of anilines is 2. The standard InChI is InChI=1S/C19H15F3N4O/c20-13-3-1-12(2-4-13)9-10-23-18-8-7-17(25-26-18)19(27)24-14-5-6-15(21)16(22)11-14/h1-8,11H,9-10H2,(H,23,26)(H,24,27). The maximum atomic E-state index is 13.2. The second-order valence-electron chi connectivity index (χ2n) is 5.69. The lowest BCUT2D eigenvalue weighted by molar-refractivity contribution is 0.102. The van der Waals surface area contributed by atoms with Gasteiger partial charge in [-0.25, -0.2) is 13.2 Å². The van der Waals surface area contributed by atoms with E-state index in [0.717, 1.165) is 17.7 Å². The topological polar surface area (TPSA) is 66.9 Å². The third-order valence-corrected chi connectivity index (χ3v) is 3.71. The number of halogens is 3. The van der Waals surface area contributed by atoms with Gasteiger partial charge in [-0.3, -0.25) is 4.79 Å². The Morgan fingerprint density at radius 1 is 0.889 bits per heavy atom. The number of aromatic nitrogens is 2. The summed E-state index contributed by atoms with van der Waals surface area (Å²) in [5.41, 5.74) is 1.12. The first-order valence-electron chi connectivity index (χ1n) is 8.10. The Morgan fingerprint density at radius 2 is 1.67 bits per heavy atom. The fourth-order valence-electron chi connectivity index (χ4n) is 2.30. The lowest BCUT2D eigenvalue weighted by Gasteiger charge is -2.07. The van der Waals surface area contributed by atoms with Crippen LogP contribution in [-0.4, -0.2) is 22.6 Å². The van der Waals surface area contributed by atoms with Crippen molar-refractivity contribution in [3.63, 3.8) is 0 Å². The van der Waals surface area contributed by atoms with Crippen LogP contribution in [0.15, 0.2) is 54.6 Å².